The molecular formula is C14H18N10O2S. The molecule has 142 valence electrons. The van der Waals surface area contributed by atoms with Gasteiger partial charge in [-0.1, -0.05) is 16.4 Å². The first-order chi connectivity index (χ1) is 12.9. The Morgan fingerprint density at radius 2 is 1.93 bits per heavy atom. The number of amides is 2. The number of carbonyl (C=O) groups is 1. The summed E-state index contributed by atoms with van der Waals surface area (Å²) in [4.78, 5) is 22.6. The Balaban J connectivity index is 0.000000223. The van der Waals surface area contributed by atoms with E-state index in [9.17, 15) is 4.79 Å². The summed E-state index contributed by atoms with van der Waals surface area (Å²) in [7, 11) is 1.55. The van der Waals surface area contributed by atoms with Crippen molar-refractivity contribution in [3.05, 3.63) is 40.7 Å². The minimum absolute atomic E-state index is 0.185. The van der Waals surface area contributed by atoms with Gasteiger partial charge in [0.2, 0.25) is 10.7 Å². The summed E-state index contributed by atoms with van der Waals surface area (Å²) in [6.07, 6.45) is 0. The van der Waals surface area contributed by atoms with Gasteiger partial charge in [-0.15, -0.1) is 0 Å². The van der Waals surface area contributed by atoms with Crippen LogP contribution in [0.3, 0.4) is 0 Å². The number of aromatic amines is 1. The molecule has 0 radical (unpaired) electrons. The third-order valence-corrected chi connectivity index (χ3v) is 3.28. The number of carbonyl (C=O) groups excluding carboxylic acids is 1. The van der Waals surface area contributed by atoms with Crippen LogP contribution in [-0.4, -0.2) is 53.4 Å². The second kappa shape index (κ2) is 9.30. The van der Waals surface area contributed by atoms with E-state index in [4.69, 9.17) is 17.4 Å². The van der Waals surface area contributed by atoms with Gasteiger partial charge < -0.3 is 10.6 Å². The molecular weight excluding hydrogens is 372 g/mol. The lowest BCUT2D eigenvalue weighted by Crippen LogP contribution is -2.24. The number of hydrogen-bond acceptors (Lipinski definition) is 9. The summed E-state index contributed by atoms with van der Waals surface area (Å²) in [5.41, 5.74) is 3.24. The number of aromatic nitrogens is 7. The van der Waals surface area contributed by atoms with Gasteiger partial charge in [0.15, 0.2) is 0 Å². The van der Waals surface area contributed by atoms with Gasteiger partial charge in [0.1, 0.15) is 11.6 Å². The minimum atomic E-state index is -0.284. The van der Waals surface area contributed by atoms with Crippen LogP contribution in [0.1, 0.15) is 11.6 Å². The Kier molecular flexibility index (Phi) is 6.85. The zero-order chi connectivity index (χ0) is 19.8. The number of nitrogens with one attached hydrogen (secondary N) is 4. The summed E-state index contributed by atoms with van der Waals surface area (Å²) < 4.78 is 1.85. The maximum absolute atomic E-state index is 11.2. The molecule has 1 aromatic carbocycles. The van der Waals surface area contributed by atoms with Crippen molar-refractivity contribution in [1.29, 1.82) is 0 Å². The molecule has 0 spiro atoms. The van der Waals surface area contributed by atoms with E-state index < -0.39 is 0 Å². The van der Waals surface area contributed by atoms with Crippen LogP contribution in [0.25, 0.3) is 5.69 Å². The van der Waals surface area contributed by atoms with Crippen molar-refractivity contribution >= 4 is 29.9 Å². The lowest BCUT2D eigenvalue weighted by atomic mass is 10.3. The number of H-pyrrole nitrogens is 1. The van der Waals surface area contributed by atoms with Crippen LogP contribution in [0, 0.1) is 18.6 Å². The molecule has 0 aliphatic heterocycles. The number of tetrazole rings is 1. The predicted octanol–water partition coefficient (Wildman–Crippen LogP) is 1.37. The van der Waals surface area contributed by atoms with Crippen LogP contribution in [0.4, 0.5) is 16.4 Å². The van der Waals surface area contributed by atoms with Crippen LogP contribution in [-0.2, 0) is 0 Å². The van der Waals surface area contributed by atoms with Gasteiger partial charge in [-0.25, -0.2) is 19.9 Å². The molecule has 0 saturated heterocycles. The molecule has 5 N–H and O–H groups in total. The Morgan fingerprint density at radius 1 is 1.22 bits per heavy atom. The minimum Gasteiger partial charge on any atom is -0.341 e. The van der Waals surface area contributed by atoms with Gasteiger partial charge in [0.05, 0.1) is 5.69 Å². The Morgan fingerprint density at radius 3 is 2.48 bits per heavy atom. The average Bonchev–Trinajstić information content (AvgIpc) is 3.07. The van der Waals surface area contributed by atoms with Crippen LogP contribution in [0.15, 0.2) is 24.3 Å². The van der Waals surface area contributed by atoms with E-state index >= 15 is 0 Å². The first kappa shape index (κ1) is 19.9. The van der Waals surface area contributed by atoms with Crippen LogP contribution >= 0.6 is 12.2 Å². The SMILES string of the molecule is CNC(=O)Nc1cccc(-n2[nH]nnc2=S)c1.Cc1nc(C)nc(NO)n1. The summed E-state index contributed by atoms with van der Waals surface area (Å²) in [5, 5.41) is 23.4. The molecule has 3 aromatic rings. The third-order valence-electron chi connectivity index (χ3n) is 3.02. The lowest BCUT2D eigenvalue weighted by molar-refractivity contribution is 0.254. The Hall–Kier alpha value is -3.45. The molecule has 0 saturated carbocycles. The number of rotatable bonds is 3. The molecule has 0 unspecified atom stereocenters. The number of benzene rings is 1. The van der Waals surface area contributed by atoms with Crippen LogP contribution in [0.5, 0.6) is 0 Å². The smallest absolute Gasteiger partial charge is 0.318 e. The fraction of sp³-hybridized carbons (Fsp3) is 0.214. The van der Waals surface area contributed by atoms with Gasteiger partial charge in [0, 0.05) is 12.7 Å². The van der Waals surface area contributed by atoms with Gasteiger partial charge in [-0.3, -0.25) is 5.21 Å². The molecule has 0 atom stereocenters. The maximum atomic E-state index is 11.2. The molecule has 3 rings (SSSR count). The highest BCUT2D eigenvalue weighted by molar-refractivity contribution is 7.71. The number of anilines is 2. The Bertz CT molecular complexity index is 950. The molecule has 0 bridgehead atoms. The van der Waals surface area contributed by atoms with Gasteiger partial charge in [0.25, 0.3) is 0 Å². The number of urea groups is 1. The molecule has 2 amide bonds. The summed E-state index contributed by atoms with van der Waals surface area (Å²) in [6, 6.07) is 6.86. The summed E-state index contributed by atoms with van der Waals surface area (Å²) in [6.45, 7) is 3.46. The van der Waals surface area contributed by atoms with Crippen molar-refractivity contribution in [2.45, 2.75) is 13.8 Å². The van der Waals surface area contributed by atoms with Crippen molar-refractivity contribution in [3.8, 4) is 5.69 Å². The molecule has 2 heterocycles. The molecule has 27 heavy (non-hydrogen) atoms. The first-order valence-electron chi connectivity index (χ1n) is 7.61. The van der Waals surface area contributed by atoms with Crippen molar-refractivity contribution in [2.75, 3.05) is 17.8 Å². The normalized spacial score (nSPS) is 9.78. The highest BCUT2D eigenvalue weighted by Gasteiger charge is 2.03. The van der Waals surface area contributed by atoms with E-state index in [1.54, 1.807) is 39.1 Å². The summed E-state index contributed by atoms with van der Waals surface area (Å²) in [5.74, 6) is 1.36. The lowest BCUT2D eigenvalue weighted by Gasteiger charge is -2.06. The molecule has 12 nitrogen and oxygen atoms in total. The fourth-order valence-corrected chi connectivity index (χ4v) is 2.13. The van der Waals surface area contributed by atoms with Crippen LogP contribution in [0.2, 0.25) is 0 Å². The molecule has 2 aromatic heterocycles. The van der Waals surface area contributed by atoms with Crippen molar-refractivity contribution in [1.82, 2.24) is 40.5 Å². The van der Waals surface area contributed by atoms with Crippen molar-refractivity contribution < 1.29 is 10.0 Å². The van der Waals surface area contributed by atoms with Crippen molar-refractivity contribution in [3.63, 3.8) is 0 Å². The topological polar surface area (TPSA) is 159 Å². The quantitative estimate of drug-likeness (QED) is 0.329. The highest BCUT2D eigenvalue weighted by atomic mass is 32.1. The standard InChI is InChI=1S/C9H10N6OS.C5H8N4O/c1-10-8(16)11-6-3-2-4-7(5-6)15-9(17)12-13-14-15;1-3-6-4(2)8-5(7-3)9-10/h2-5H,1H3,(H2,10,11,16)(H,12,14,17);10H,1-2H3,(H,6,7,8,9). The summed E-state index contributed by atoms with van der Waals surface area (Å²) >= 11 is 4.98. The van der Waals surface area contributed by atoms with Gasteiger partial charge in [-0.05, 0) is 44.3 Å². The van der Waals surface area contributed by atoms with Gasteiger partial charge in [-0.2, -0.15) is 15.2 Å². The molecule has 13 heteroatoms. The van der Waals surface area contributed by atoms with Gasteiger partial charge >= 0.3 is 6.03 Å². The number of hydrogen-bond donors (Lipinski definition) is 5. The largest absolute Gasteiger partial charge is 0.341 e. The molecule has 0 aliphatic carbocycles. The second-order valence-electron chi connectivity index (χ2n) is 5.04. The van der Waals surface area contributed by atoms with E-state index in [1.807, 2.05) is 11.5 Å². The predicted molar refractivity (Wildman–Crippen MR) is 99.3 cm³/mol. The average molecular weight is 390 g/mol. The zero-order valence-electron chi connectivity index (χ0n) is 14.8. The van der Waals surface area contributed by atoms with Crippen molar-refractivity contribution in [2.24, 2.45) is 0 Å². The van der Waals surface area contributed by atoms with E-state index in [2.05, 4.69) is 41.1 Å². The van der Waals surface area contributed by atoms with E-state index in [0.717, 1.165) is 5.69 Å². The Labute approximate surface area is 159 Å². The first-order valence-corrected chi connectivity index (χ1v) is 8.02. The van der Waals surface area contributed by atoms with Crippen LogP contribution < -0.4 is 16.1 Å². The number of nitrogens with zero attached hydrogens (tertiary/aromatic N) is 6. The van der Waals surface area contributed by atoms with E-state index in [-0.39, 0.29) is 12.0 Å². The van der Waals surface area contributed by atoms with E-state index in [1.165, 1.54) is 4.68 Å². The van der Waals surface area contributed by atoms with E-state index in [0.29, 0.717) is 22.1 Å². The highest BCUT2D eigenvalue weighted by Crippen LogP contribution is 2.13. The molecule has 0 aliphatic rings. The zero-order valence-corrected chi connectivity index (χ0v) is 15.6. The maximum Gasteiger partial charge on any atom is 0.318 e. The molecule has 0 fully saturated rings. The second-order valence-corrected chi connectivity index (χ2v) is 5.40. The number of aryl methyl sites for hydroxylation is 2. The fourth-order valence-electron chi connectivity index (χ4n) is 1.95. The monoisotopic (exact) mass is 390 g/mol. The third kappa shape index (κ3) is 5.79.